The predicted octanol–water partition coefficient (Wildman–Crippen LogP) is 2.93. The van der Waals surface area contributed by atoms with Gasteiger partial charge in [0.1, 0.15) is 11.3 Å². The van der Waals surface area contributed by atoms with Crippen molar-refractivity contribution in [1.29, 1.82) is 0 Å². The van der Waals surface area contributed by atoms with E-state index in [1.807, 2.05) is 24.3 Å². The quantitative estimate of drug-likeness (QED) is 0.873. The summed E-state index contributed by atoms with van der Waals surface area (Å²) in [6.07, 6.45) is 1.04. The van der Waals surface area contributed by atoms with Crippen molar-refractivity contribution >= 4 is 11.6 Å². The van der Waals surface area contributed by atoms with E-state index in [0.717, 1.165) is 0 Å². The minimum Gasteiger partial charge on any atom is -0.493 e. The van der Waals surface area contributed by atoms with Gasteiger partial charge in [-0.2, -0.15) is 0 Å². The standard InChI is InChI=1S/C19H22N2O4/c1-23-16-4-2-3-5-17(16)25-15-8-6-14(7-9-15)21-18(22)19(20)10-12-24-13-11-19/h2-9H,10-13,20H2,1H3,(H,21,22). The van der Waals surface area contributed by atoms with Crippen molar-refractivity contribution in [2.24, 2.45) is 5.73 Å². The summed E-state index contributed by atoms with van der Waals surface area (Å²) in [7, 11) is 1.60. The summed E-state index contributed by atoms with van der Waals surface area (Å²) in [5.74, 6) is 1.75. The lowest BCUT2D eigenvalue weighted by molar-refractivity contribution is -0.124. The Morgan fingerprint density at radius 1 is 1.08 bits per heavy atom. The Kier molecular flexibility index (Phi) is 5.21. The molecule has 3 rings (SSSR count). The van der Waals surface area contributed by atoms with Crippen LogP contribution < -0.4 is 20.5 Å². The van der Waals surface area contributed by atoms with Gasteiger partial charge in [-0.05, 0) is 49.2 Å². The van der Waals surface area contributed by atoms with Crippen molar-refractivity contribution in [2.75, 3.05) is 25.6 Å². The van der Waals surface area contributed by atoms with Crippen molar-refractivity contribution in [3.05, 3.63) is 48.5 Å². The molecule has 1 heterocycles. The zero-order valence-corrected chi connectivity index (χ0v) is 14.2. The van der Waals surface area contributed by atoms with Crippen LogP contribution in [0.1, 0.15) is 12.8 Å². The molecule has 0 aliphatic carbocycles. The molecule has 25 heavy (non-hydrogen) atoms. The van der Waals surface area contributed by atoms with E-state index >= 15 is 0 Å². The third kappa shape index (κ3) is 4.10. The molecule has 0 aromatic heterocycles. The molecular formula is C19H22N2O4. The Morgan fingerprint density at radius 2 is 1.72 bits per heavy atom. The van der Waals surface area contributed by atoms with E-state index in [4.69, 9.17) is 19.9 Å². The van der Waals surface area contributed by atoms with Crippen LogP contribution in [0.25, 0.3) is 0 Å². The highest BCUT2D eigenvalue weighted by Gasteiger charge is 2.35. The maximum absolute atomic E-state index is 12.4. The fourth-order valence-corrected chi connectivity index (χ4v) is 2.65. The Balaban J connectivity index is 1.65. The number of hydrogen-bond acceptors (Lipinski definition) is 5. The highest BCUT2D eigenvalue weighted by Crippen LogP contribution is 2.31. The first-order valence-electron chi connectivity index (χ1n) is 8.20. The number of hydrogen-bond donors (Lipinski definition) is 2. The molecule has 0 saturated carbocycles. The monoisotopic (exact) mass is 342 g/mol. The van der Waals surface area contributed by atoms with Crippen molar-refractivity contribution in [1.82, 2.24) is 0 Å². The largest absolute Gasteiger partial charge is 0.493 e. The van der Waals surface area contributed by atoms with Gasteiger partial charge in [-0.3, -0.25) is 4.79 Å². The van der Waals surface area contributed by atoms with Crippen LogP contribution in [-0.4, -0.2) is 31.8 Å². The summed E-state index contributed by atoms with van der Waals surface area (Å²) in [6.45, 7) is 1.02. The highest BCUT2D eigenvalue weighted by molar-refractivity contribution is 5.98. The molecule has 6 heteroatoms. The lowest BCUT2D eigenvalue weighted by Gasteiger charge is -2.31. The van der Waals surface area contributed by atoms with Crippen molar-refractivity contribution in [3.8, 4) is 17.2 Å². The third-order valence-electron chi connectivity index (χ3n) is 4.25. The van der Waals surface area contributed by atoms with E-state index in [-0.39, 0.29) is 5.91 Å². The van der Waals surface area contributed by atoms with E-state index in [0.29, 0.717) is 49.0 Å². The molecule has 1 saturated heterocycles. The maximum Gasteiger partial charge on any atom is 0.244 e. The molecule has 2 aromatic carbocycles. The molecule has 3 N–H and O–H groups in total. The normalized spacial score (nSPS) is 16.1. The van der Waals surface area contributed by atoms with E-state index in [2.05, 4.69) is 5.32 Å². The third-order valence-corrected chi connectivity index (χ3v) is 4.25. The van der Waals surface area contributed by atoms with Crippen molar-refractivity contribution < 1.29 is 19.0 Å². The predicted molar refractivity (Wildman–Crippen MR) is 95.1 cm³/mol. The molecule has 0 radical (unpaired) electrons. The Hall–Kier alpha value is -2.57. The minimum absolute atomic E-state index is 0.186. The van der Waals surface area contributed by atoms with Crippen LogP contribution in [0.4, 0.5) is 5.69 Å². The van der Waals surface area contributed by atoms with Crippen LogP contribution >= 0.6 is 0 Å². The number of ether oxygens (including phenoxy) is 3. The number of methoxy groups -OCH3 is 1. The Bertz CT molecular complexity index is 724. The second kappa shape index (κ2) is 7.55. The summed E-state index contributed by atoms with van der Waals surface area (Å²) < 4.78 is 16.4. The molecule has 132 valence electrons. The second-order valence-electron chi connectivity index (χ2n) is 6.00. The summed E-state index contributed by atoms with van der Waals surface area (Å²) >= 11 is 0. The number of amides is 1. The fraction of sp³-hybridized carbons (Fsp3) is 0.316. The average Bonchev–Trinajstić information content (AvgIpc) is 2.64. The van der Waals surface area contributed by atoms with Gasteiger partial charge in [0.15, 0.2) is 11.5 Å². The molecule has 0 atom stereocenters. The van der Waals surface area contributed by atoms with E-state index in [9.17, 15) is 4.79 Å². The van der Waals surface area contributed by atoms with Crippen LogP contribution in [-0.2, 0) is 9.53 Å². The van der Waals surface area contributed by atoms with Crippen LogP contribution in [0, 0.1) is 0 Å². The summed E-state index contributed by atoms with van der Waals surface area (Å²) in [5.41, 5.74) is 5.99. The van der Waals surface area contributed by atoms with Gasteiger partial charge < -0.3 is 25.3 Å². The number of carbonyl (C=O) groups is 1. The Labute approximate surface area is 146 Å². The molecule has 2 aromatic rings. The smallest absolute Gasteiger partial charge is 0.244 e. The van der Waals surface area contributed by atoms with E-state index < -0.39 is 5.54 Å². The first kappa shape index (κ1) is 17.3. The zero-order chi connectivity index (χ0) is 17.7. The molecule has 0 bridgehead atoms. The highest BCUT2D eigenvalue weighted by atomic mass is 16.5. The number of anilines is 1. The first-order valence-corrected chi connectivity index (χ1v) is 8.20. The lowest BCUT2D eigenvalue weighted by atomic mass is 9.90. The molecule has 1 fully saturated rings. The van der Waals surface area contributed by atoms with Gasteiger partial charge in [0, 0.05) is 18.9 Å². The van der Waals surface area contributed by atoms with Gasteiger partial charge in [0.05, 0.1) is 7.11 Å². The fourth-order valence-electron chi connectivity index (χ4n) is 2.65. The summed E-state index contributed by atoms with van der Waals surface area (Å²) in [4.78, 5) is 12.4. The van der Waals surface area contributed by atoms with Gasteiger partial charge in [-0.25, -0.2) is 0 Å². The van der Waals surface area contributed by atoms with Crippen LogP contribution in [0.3, 0.4) is 0 Å². The van der Waals surface area contributed by atoms with E-state index in [1.54, 1.807) is 31.4 Å². The molecule has 6 nitrogen and oxygen atoms in total. The van der Waals surface area contributed by atoms with Gasteiger partial charge in [-0.15, -0.1) is 0 Å². The van der Waals surface area contributed by atoms with E-state index in [1.165, 1.54) is 0 Å². The van der Waals surface area contributed by atoms with Crippen LogP contribution in [0.2, 0.25) is 0 Å². The summed E-state index contributed by atoms with van der Waals surface area (Å²) in [6, 6.07) is 14.6. The minimum atomic E-state index is -0.870. The SMILES string of the molecule is COc1ccccc1Oc1ccc(NC(=O)C2(N)CCOCC2)cc1. The number of benzene rings is 2. The molecule has 1 aliphatic heterocycles. The zero-order valence-electron chi connectivity index (χ0n) is 14.2. The summed E-state index contributed by atoms with van der Waals surface area (Å²) in [5, 5.41) is 2.87. The molecule has 1 aliphatic rings. The maximum atomic E-state index is 12.4. The topological polar surface area (TPSA) is 82.8 Å². The van der Waals surface area contributed by atoms with Crippen LogP contribution in [0.5, 0.6) is 17.2 Å². The van der Waals surface area contributed by atoms with Crippen molar-refractivity contribution in [2.45, 2.75) is 18.4 Å². The van der Waals surface area contributed by atoms with Crippen molar-refractivity contribution in [3.63, 3.8) is 0 Å². The average molecular weight is 342 g/mol. The van der Waals surface area contributed by atoms with Gasteiger partial charge in [-0.1, -0.05) is 12.1 Å². The molecular weight excluding hydrogens is 320 g/mol. The number of rotatable bonds is 5. The van der Waals surface area contributed by atoms with Crippen LogP contribution in [0.15, 0.2) is 48.5 Å². The number of nitrogens with one attached hydrogen (secondary N) is 1. The molecule has 0 unspecified atom stereocenters. The number of nitrogens with two attached hydrogens (primary N) is 1. The number of carbonyl (C=O) groups excluding carboxylic acids is 1. The Morgan fingerprint density at radius 3 is 2.36 bits per heavy atom. The molecule has 0 spiro atoms. The van der Waals surface area contributed by atoms with Gasteiger partial charge >= 0.3 is 0 Å². The molecule has 1 amide bonds. The number of para-hydroxylation sites is 2. The van der Waals surface area contributed by atoms with Gasteiger partial charge in [0.25, 0.3) is 0 Å². The first-order chi connectivity index (χ1) is 12.1. The lowest BCUT2D eigenvalue weighted by Crippen LogP contribution is -2.54. The second-order valence-corrected chi connectivity index (χ2v) is 6.00. The van der Waals surface area contributed by atoms with Gasteiger partial charge in [0.2, 0.25) is 5.91 Å².